The van der Waals surface area contributed by atoms with Crippen molar-refractivity contribution in [2.24, 2.45) is 5.73 Å². The van der Waals surface area contributed by atoms with Crippen molar-refractivity contribution in [3.05, 3.63) is 29.8 Å². The number of carbonyl (C=O) groups excluding carboxylic acids is 1. The molecule has 2 rings (SSSR count). The molecule has 5 nitrogen and oxygen atoms in total. The maximum atomic E-state index is 11.7. The van der Waals surface area contributed by atoms with Crippen molar-refractivity contribution < 1.29 is 14.6 Å². The Morgan fingerprint density at radius 2 is 2.29 bits per heavy atom. The van der Waals surface area contributed by atoms with Crippen LogP contribution in [0.4, 0.5) is 0 Å². The number of aliphatic hydroxyl groups excluding tert-OH is 1. The molecule has 1 amide bonds. The molecule has 2 unspecified atom stereocenters. The first-order valence-electron chi connectivity index (χ1n) is 7.45. The molecule has 0 saturated heterocycles. The summed E-state index contributed by atoms with van der Waals surface area (Å²) in [6, 6.07) is 7.71. The van der Waals surface area contributed by atoms with E-state index < -0.39 is 5.54 Å². The van der Waals surface area contributed by atoms with E-state index in [0.717, 1.165) is 30.6 Å². The summed E-state index contributed by atoms with van der Waals surface area (Å²) in [5.41, 5.74) is 5.87. The molecular formula is C16H24N2O3. The maximum Gasteiger partial charge on any atom is 0.237 e. The number of carbonyl (C=O) groups is 1. The van der Waals surface area contributed by atoms with E-state index in [4.69, 9.17) is 15.6 Å². The molecule has 2 atom stereocenters. The molecule has 116 valence electrons. The first-order valence-corrected chi connectivity index (χ1v) is 7.45. The molecule has 1 aromatic carbocycles. The van der Waals surface area contributed by atoms with Gasteiger partial charge in [-0.05, 0) is 44.4 Å². The van der Waals surface area contributed by atoms with E-state index in [0.29, 0.717) is 12.8 Å². The monoisotopic (exact) mass is 292 g/mol. The predicted octanol–water partition coefficient (Wildman–Crippen LogP) is 0.986. The number of rotatable bonds is 6. The number of aliphatic hydroxyl groups is 1. The molecule has 0 aromatic heterocycles. The van der Waals surface area contributed by atoms with Gasteiger partial charge in [0, 0.05) is 13.0 Å². The molecule has 0 radical (unpaired) electrons. The second-order valence-corrected chi connectivity index (χ2v) is 5.61. The molecule has 5 heteroatoms. The summed E-state index contributed by atoms with van der Waals surface area (Å²) < 4.78 is 6.09. The van der Waals surface area contributed by atoms with E-state index >= 15 is 0 Å². The SMILES string of the molecule is CNC1(C(N)=O)CCCC(Oc2ccccc2CCO)C1. The lowest BCUT2D eigenvalue weighted by Gasteiger charge is -2.38. The van der Waals surface area contributed by atoms with Crippen LogP contribution in [0.1, 0.15) is 31.2 Å². The topological polar surface area (TPSA) is 84.6 Å². The molecular weight excluding hydrogens is 268 g/mol. The van der Waals surface area contributed by atoms with Crippen LogP contribution in [0.2, 0.25) is 0 Å². The Morgan fingerprint density at radius 1 is 1.52 bits per heavy atom. The van der Waals surface area contributed by atoms with Crippen LogP contribution in [0, 0.1) is 0 Å². The molecule has 1 aromatic rings. The Morgan fingerprint density at radius 3 is 2.95 bits per heavy atom. The van der Waals surface area contributed by atoms with Crippen molar-refractivity contribution in [1.82, 2.24) is 5.32 Å². The average Bonchev–Trinajstić information content (AvgIpc) is 2.49. The fraction of sp³-hybridized carbons (Fsp3) is 0.562. The highest BCUT2D eigenvalue weighted by atomic mass is 16.5. The number of nitrogens with two attached hydrogens (primary N) is 1. The quantitative estimate of drug-likeness (QED) is 0.730. The van der Waals surface area contributed by atoms with Gasteiger partial charge in [0.2, 0.25) is 5.91 Å². The normalized spacial score (nSPS) is 25.5. The highest BCUT2D eigenvalue weighted by Crippen LogP contribution is 2.32. The second-order valence-electron chi connectivity index (χ2n) is 5.61. The van der Waals surface area contributed by atoms with E-state index in [1.807, 2.05) is 24.3 Å². The van der Waals surface area contributed by atoms with Crippen LogP contribution >= 0.6 is 0 Å². The first-order chi connectivity index (χ1) is 10.1. The lowest BCUT2D eigenvalue weighted by atomic mass is 9.79. The Hall–Kier alpha value is -1.59. The van der Waals surface area contributed by atoms with Gasteiger partial charge in [-0.25, -0.2) is 0 Å². The maximum absolute atomic E-state index is 11.7. The number of primary amides is 1. The molecule has 1 aliphatic rings. The lowest BCUT2D eigenvalue weighted by molar-refractivity contribution is -0.126. The highest BCUT2D eigenvalue weighted by molar-refractivity contribution is 5.84. The number of hydrogen-bond acceptors (Lipinski definition) is 4. The number of amides is 1. The van der Waals surface area contributed by atoms with Gasteiger partial charge in [0.15, 0.2) is 0 Å². The van der Waals surface area contributed by atoms with Crippen molar-refractivity contribution in [2.45, 2.75) is 43.7 Å². The third kappa shape index (κ3) is 3.54. The minimum absolute atomic E-state index is 0.0430. The summed E-state index contributed by atoms with van der Waals surface area (Å²) in [6.45, 7) is 0.0901. The third-order valence-corrected chi connectivity index (χ3v) is 4.30. The molecule has 1 aliphatic carbocycles. The molecule has 21 heavy (non-hydrogen) atoms. The van der Waals surface area contributed by atoms with Crippen LogP contribution in [0.5, 0.6) is 5.75 Å². The Balaban J connectivity index is 2.11. The van der Waals surface area contributed by atoms with Gasteiger partial charge >= 0.3 is 0 Å². The van der Waals surface area contributed by atoms with Crippen LogP contribution in [-0.4, -0.2) is 36.3 Å². The van der Waals surface area contributed by atoms with Gasteiger partial charge in [-0.1, -0.05) is 18.2 Å². The van der Waals surface area contributed by atoms with Crippen molar-refractivity contribution in [3.8, 4) is 5.75 Å². The van der Waals surface area contributed by atoms with Crippen LogP contribution in [0.15, 0.2) is 24.3 Å². The molecule has 0 bridgehead atoms. The fourth-order valence-corrected chi connectivity index (χ4v) is 3.02. The molecule has 1 fully saturated rings. The molecule has 0 heterocycles. The minimum atomic E-state index is -0.672. The van der Waals surface area contributed by atoms with Crippen molar-refractivity contribution in [3.63, 3.8) is 0 Å². The van der Waals surface area contributed by atoms with E-state index in [1.165, 1.54) is 0 Å². The van der Waals surface area contributed by atoms with Gasteiger partial charge in [0.25, 0.3) is 0 Å². The van der Waals surface area contributed by atoms with E-state index in [9.17, 15) is 4.79 Å². The average molecular weight is 292 g/mol. The number of benzene rings is 1. The van der Waals surface area contributed by atoms with Crippen molar-refractivity contribution >= 4 is 5.91 Å². The highest BCUT2D eigenvalue weighted by Gasteiger charge is 2.41. The van der Waals surface area contributed by atoms with E-state index in [-0.39, 0.29) is 18.6 Å². The van der Waals surface area contributed by atoms with Gasteiger partial charge in [-0.15, -0.1) is 0 Å². The Bertz CT molecular complexity index is 492. The summed E-state index contributed by atoms with van der Waals surface area (Å²) in [4.78, 5) is 11.7. The number of likely N-dealkylation sites (N-methyl/N-ethyl adjacent to an activating group) is 1. The number of nitrogens with one attached hydrogen (secondary N) is 1. The van der Waals surface area contributed by atoms with Crippen LogP contribution in [0.3, 0.4) is 0 Å². The number of hydrogen-bond donors (Lipinski definition) is 3. The number of para-hydroxylation sites is 1. The van der Waals surface area contributed by atoms with Crippen molar-refractivity contribution in [1.29, 1.82) is 0 Å². The van der Waals surface area contributed by atoms with Gasteiger partial charge in [0.05, 0.1) is 0 Å². The zero-order chi connectivity index (χ0) is 15.3. The predicted molar refractivity (Wildman–Crippen MR) is 81.1 cm³/mol. The third-order valence-electron chi connectivity index (χ3n) is 4.30. The van der Waals surface area contributed by atoms with Gasteiger partial charge in [-0.3, -0.25) is 4.79 Å². The summed E-state index contributed by atoms with van der Waals surface area (Å²) >= 11 is 0. The second kappa shape index (κ2) is 6.91. The number of ether oxygens (including phenoxy) is 1. The fourth-order valence-electron chi connectivity index (χ4n) is 3.02. The van der Waals surface area contributed by atoms with Crippen LogP contribution in [0.25, 0.3) is 0 Å². The lowest BCUT2D eigenvalue weighted by Crippen LogP contribution is -2.58. The Kier molecular flexibility index (Phi) is 5.20. The van der Waals surface area contributed by atoms with Gasteiger partial charge in [-0.2, -0.15) is 0 Å². The standard InChI is InChI=1S/C16H24N2O3/c1-18-16(15(17)20)9-4-6-13(11-16)21-14-7-3-2-5-12(14)8-10-19/h2-3,5,7,13,18-19H,4,6,8-11H2,1H3,(H2,17,20). The van der Waals surface area contributed by atoms with Gasteiger partial charge in [0.1, 0.15) is 17.4 Å². The van der Waals surface area contributed by atoms with E-state index in [2.05, 4.69) is 5.32 Å². The zero-order valence-electron chi connectivity index (χ0n) is 12.5. The van der Waals surface area contributed by atoms with Crippen LogP contribution in [-0.2, 0) is 11.2 Å². The summed E-state index contributed by atoms with van der Waals surface area (Å²) in [6.07, 6.45) is 3.65. The van der Waals surface area contributed by atoms with Crippen molar-refractivity contribution in [2.75, 3.05) is 13.7 Å². The van der Waals surface area contributed by atoms with Gasteiger partial charge < -0.3 is 20.9 Å². The zero-order valence-corrected chi connectivity index (χ0v) is 12.5. The molecule has 1 saturated carbocycles. The summed E-state index contributed by atoms with van der Waals surface area (Å²) in [7, 11) is 1.77. The Labute approximate surface area is 125 Å². The minimum Gasteiger partial charge on any atom is -0.490 e. The summed E-state index contributed by atoms with van der Waals surface area (Å²) in [5.74, 6) is 0.467. The smallest absolute Gasteiger partial charge is 0.237 e. The molecule has 4 N–H and O–H groups in total. The first kappa shape index (κ1) is 15.8. The molecule has 0 aliphatic heterocycles. The van der Waals surface area contributed by atoms with Crippen LogP contribution < -0.4 is 15.8 Å². The molecule has 0 spiro atoms. The largest absolute Gasteiger partial charge is 0.490 e. The van der Waals surface area contributed by atoms with E-state index in [1.54, 1.807) is 7.05 Å². The summed E-state index contributed by atoms with van der Waals surface area (Å²) in [5, 5.41) is 12.2.